The van der Waals surface area contributed by atoms with Gasteiger partial charge in [-0.3, -0.25) is 4.79 Å². The summed E-state index contributed by atoms with van der Waals surface area (Å²) in [5.41, 5.74) is 0. The van der Waals surface area contributed by atoms with E-state index in [9.17, 15) is 4.79 Å². The van der Waals surface area contributed by atoms with Crippen LogP contribution in [0.1, 0.15) is 18.1 Å². The van der Waals surface area contributed by atoms with Gasteiger partial charge in [0, 0.05) is 13.5 Å². The van der Waals surface area contributed by atoms with Gasteiger partial charge in [-0.15, -0.1) is 0 Å². The van der Waals surface area contributed by atoms with E-state index >= 15 is 0 Å². The highest BCUT2D eigenvalue weighted by molar-refractivity contribution is 5.66. The number of hydrogen-bond acceptors (Lipinski definition) is 5. The number of carboxylic acid groups (broad SMARTS) is 1. The fraction of sp³-hybridized carbons (Fsp3) is 0.625. The third-order valence-corrected chi connectivity index (χ3v) is 1.59. The highest BCUT2D eigenvalue weighted by Gasteiger charge is 2.07. The van der Waals surface area contributed by atoms with Crippen LogP contribution in [0.2, 0.25) is 0 Å². The van der Waals surface area contributed by atoms with Gasteiger partial charge in [0.05, 0.1) is 19.4 Å². The summed E-state index contributed by atoms with van der Waals surface area (Å²) in [6.07, 6.45) is 0.867. The normalized spacial score (nSPS) is 10.4. The minimum Gasteiger partial charge on any atom is -0.481 e. The van der Waals surface area contributed by atoms with Crippen LogP contribution in [0, 0.1) is 0 Å². The highest BCUT2D eigenvalue weighted by Crippen LogP contribution is 2.01. The molecule has 0 saturated carbocycles. The van der Waals surface area contributed by atoms with E-state index in [2.05, 4.69) is 10.1 Å². The average Bonchev–Trinajstić information content (AvgIpc) is 2.59. The van der Waals surface area contributed by atoms with E-state index in [4.69, 9.17) is 14.4 Å². The predicted molar refractivity (Wildman–Crippen MR) is 45.8 cm³/mol. The summed E-state index contributed by atoms with van der Waals surface area (Å²) in [4.78, 5) is 14.2. The Hall–Kier alpha value is -1.43. The first-order chi connectivity index (χ1) is 6.72. The van der Waals surface area contributed by atoms with Crippen molar-refractivity contribution in [3.8, 4) is 0 Å². The lowest BCUT2D eigenvalue weighted by Gasteiger charge is -1.90. The van der Waals surface area contributed by atoms with E-state index in [1.807, 2.05) is 0 Å². The number of nitrogens with zero attached hydrogens (tertiary/aromatic N) is 2. The Morgan fingerprint density at radius 2 is 2.36 bits per heavy atom. The van der Waals surface area contributed by atoms with Crippen LogP contribution in [0.15, 0.2) is 4.52 Å². The molecule has 0 aliphatic carbocycles. The topological polar surface area (TPSA) is 85.5 Å². The number of rotatable bonds is 6. The molecule has 1 N–H and O–H groups in total. The molecule has 0 amide bonds. The maximum absolute atomic E-state index is 10.2. The molecule has 0 atom stereocenters. The minimum absolute atomic E-state index is 0.0171. The summed E-state index contributed by atoms with van der Waals surface area (Å²) in [7, 11) is 1.59. The highest BCUT2D eigenvalue weighted by atomic mass is 16.5. The lowest BCUT2D eigenvalue weighted by atomic mass is 10.3. The molecule has 1 rings (SSSR count). The van der Waals surface area contributed by atoms with E-state index < -0.39 is 5.97 Å². The van der Waals surface area contributed by atoms with Gasteiger partial charge in [-0.05, 0) is 0 Å². The van der Waals surface area contributed by atoms with Gasteiger partial charge in [0.2, 0.25) is 5.89 Å². The molecule has 6 nitrogen and oxygen atoms in total. The van der Waals surface area contributed by atoms with Gasteiger partial charge in [0.25, 0.3) is 0 Å². The van der Waals surface area contributed by atoms with Gasteiger partial charge in [-0.1, -0.05) is 5.16 Å². The van der Waals surface area contributed by atoms with Gasteiger partial charge in [-0.2, -0.15) is 4.98 Å². The van der Waals surface area contributed by atoms with E-state index in [0.29, 0.717) is 31.2 Å². The first kappa shape index (κ1) is 10.6. The number of hydrogen-bond donors (Lipinski definition) is 1. The predicted octanol–water partition coefficient (Wildman–Crippen LogP) is 0.276. The fourth-order valence-electron chi connectivity index (χ4n) is 0.901. The van der Waals surface area contributed by atoms with Crippen molar-refractivity contribution in [2.24, 2.45) is 0 Å². The first-order valence-electron chi connectivity index (χ1n) is 4.24. The Balaban J connectivity index is 2.38. The van der Waals surface area contributed by atoms with Crippen molar-refractivity contribution in [1.82, 2.24) is 10.1 Å². The first-order valence-corrected chi connectivity index (χ1v) is 4.24. The molecular weight excluding hydrogens is 188 g/mol. The molecular formula is C8H12N2O4. The summed E-state index contributed by atoms with van der Waals surface area (Å²) in [5.74, 6) is 0.0407. The lowest BCUT2D eigenvalue weighted by molar-refractivity contribution is -0.137. The molecule has 78 valence electrons. The van der Waals surface area contributed by atoms with Crippen molar-refractivity contribution in [1.29, 1.82) is 0 Å². The van der Waals surface area contributed by atoms with Gasteiger partial charge in [-0.25, -0.2) is 0 Å². The van der Waals surface area contributed by atoms with Crippen molar-refractivity contribution in [3.63, 3.8) is 0 Å². The van der Waals surface area contributed by atoms with Crippen LogP contribution in [-0.4, -0.2) is 34.9 Å². The van der Waals surface area contributed by atoms with Crippen LogP contribution in [0.5, 0.6) is 0 Å². The Kier molecular flexibility index (Phi) is 4.06. The Morgan fingerprint density at radius 1 is 1.57 bits per heavy atom. The monoisotopic (exact) mass is 200 g/mol. The molecule has 0 spiro atoms. The number of carboxylic acids is 1. The van der Waals surface area contributed by atoms with Crippen molar-refractivity contribution in [2.75, 3.05) is 13.7 Å². The van der Waals surface area contributed by atoms with Gasteiger partial charge < -0.3 is 14.4 Å². The molecule has 0 aliphatic heterocycles. The number of carbonyl (C=O) groups is 1. The zero-order valence-corrected chi connectivity index (χ0v) is 7.89. The molecule has 0 bridgehead atoms. The van der Waals surface area contributed by atoms with Crippen molar-refractivity contribution in [3.05, 3.63) is 11.7 Å². The third kappa shape index (κ3) is 3.53. The molecule has 0 unspecified atom stereocenters. The van der Waals surface area contributed by atoms with Crippen LogP contribution in [0.3, 0.4) is 0 Å². The Labute approximate surface area is 80.9 Å². The number of aromatic nitrogens is 2. The second-order valence-electron chi connectivity index (χ2n) is 2.74. The molecule has 0 aromatic carbocycles. The van der Waals surface area contributed by atoms with Crippen LogP contribution in [0.25, 0.3) is 0 Å². The molecule has 1 aromatic heterocycles. The van der Waals surface area contributed by atoms with E-state index in [0.717, 1.165) is 0 Å². The quantitative estimate of drug-likeness (QED) is 0.709. The van der Waals surface area contributed by atoms with E-state index in [1.165, 1.54) is 0 Å². The molecule has 0 saturated heterocycles. The SMILES string of the molecule is COCCc1nc(CCC(=O)O)no1. The summed E-state index contributed by atoms with van der Waals surface area (Å²) in [6.45, 7) is 0.514. The zero-order valence-electron chi connectivity index (χ0n) is 7.89. The largest absolute Gasteiger partial charge is 0.481 e. The Morgan fingerprint density at radius 3 is 3.00 bits per heavy atom. The second kappa shape index (κ2) is 5.33. The molecule has 1 aromatic rings. The fourth-order valence-corrected chi connectivity index (χ4v) is 0.901. The van der Waals surface area contributed by atoms with Crippen LogP contribution in [-0.2, 0) is 22.4 Å². The summed E-state index contributed by atoms with van der Waals surface area (Å²) in [5, 5.41) is 12.1. The molecule has 0 radical (unpaired) electrons. The third-order valence-electron chi connectivity index (χ3n) is 1.59. The number of aliphatic carboxylic acids is 1. The van der Waals surface area contributed by atoms with Gasteiger partial charge >= 0.3 is 5.97 Å². The van der Waals surface area contributed by atoms with Crippen LogP contribution in [0.4, 0.5) is 0 Å². The summed E-state index contributed by atoms with van der Waals surface area (Å²) in [6, 6.07) is 0. The lowest BCUT2D eigenvalue weighted by Crippen LogP contribution is -1.99. The van der Waals surface area contributed by atoms with Crippen molar-refractivity contribution in [2.45, 2.75) is 19.3 Å². The van der Waals surface area contributed by atoms with Gasteiger partial charge in [0.1, 0.15) is 0 Å². The van der Waals surface area contributed by atoms with Crippen molar-refractivity contribution < 1.29 is 19.2 Å². The van der Waals surface area contributed by atoms with E-state index in [-0.39, 0.29) is 6.42 Å². The Bertz CT molecular complexity index is 297. The van der Waals surface area contributed by atoms with Gasteiger partial charge in [0.15, 0.2) is 5.82 Å². The maximum atomic E-state index is 10.2. The second-order valence-corrected chi connectivity index (χ2v) is 2.74. The molecule has 14 heavy (non-hydrogen) atoms. The smallest absolute Gasteiger partial charge is 0.303 e. The average molecular weight is 200 g/mol. The number of methoxy groups -OCH3 is 1. The molecule has 0 aliphatic rings. The van der Waals surface area contributed by atoms with Crippen LogP contribution < -0.4 is 0 Å². The summed E-state index contributed by atoms with van der Waals surface area (Å²) < 4.78 is 9.70. The zero-order chi connectivity index (χ0) is 10.4. The van der Waals surface area contributed by atoms with Crippen LogP contribution >= 0.6 is 0 Å². The number of aryl methyl sites for hydroxylation is 1. The standard InChI is InChI=1S/C8H12N2O4/c1-13-5-4-7-9-6(10-14-7)2-3-8(11)12/h2-5H2,1H3,(H,11,12). The number of ether oxygens (including phenoxy) is 1. The minimum atomic E-state index is -0.867. The van der Waals surface area contributed by atoms with E-state index in [1.54, 1.807) is 7.11 Å². The maximum Gasteiger partial charge on any atom is 0.303 e. The molecule has 1 heterocycles. The molecule has 6 heteroatoms. The molecule has 0 fully saturated rings. The van der Waals surface area contributed by atoms with Crippen molar-refractivity contribution >= 4 is 5.97 Å². The summed E-state index contributed by atoms with van der Waals surface area (Å²) >= 11 is 0.